The number of hydrogen-bond donors (Lipinski definition) is 0. The van der Waals surface area contributed by atoms with E-state index in [1.165, 1.54) is 5.69 Å². The van der Waals surface area contributed by atoms with Gasteiger partial charge in [-0.1, -0.05) is 0 Å². The number of imidazole rings is 1. The van der Waals surface area contributed by atoms with E-state index in [0.29, 0.717) is 24.0 Å². The highest BCUT2D eigenvalue weighted by molar-refractivity contribution is 5.92. The molecule has 2 aromatic heterocycles. The molecule has 140 valence electrons. The lowest BCUT2D eigenvalue weighted by Gasteiger charge is -2.40. The van der Waals surface area contributed by atoms with Gasteiger partial charge in [0.2, 0.25) is 0 Å². The van der Waals surface area contributed by atoms with E-state index in [-0.39, 0.29) is 11.9 Å². The van der Waals surface area contributed by atoms with Gasteiger partial charge in [0, 0.05) is 32.5 Å². The molecule has 1 aliphatic rings. The second-order valence-electron chi connectivity index (χ2n) is 7.38. The lowest BCUT2D eigenvalue weighted by atomic mass is 9.87. The van der Waals surface area contributed by atoms with Crippen LogP contribution in [0.1, 0.15) is 46.6 Å². The van der Waals surface area contributed by atoms with E-state index in [4.69, 9.17) is 0 Å². The van der Waals surface area contributed by atoms with Gasteiger partial charge >= 0.3 is 0 Å². The molecule has 7 heteroatoms. The summed E-state index contributed by atoms with van der Waals surface area (Å²) in [6, 6.07) is 2.03. The summed E-state index contributed by atoms with van der Waals surface area (Å²) in [5, 5.41) is 0. The third-order valence-corrected chi connectivity index (χ3v) is 5.20. The largest absolute Gasteiger partial charge is 0.340 e. The Kier molecular flexibility index (Phi) is 5.36. The van der Waals surface area contributed by atoms with Gasteiger partial charge in [0.15, 0.2) is 0 Å². The van der Waals surface area contributed by atoms with Gasteiger partial charge in [-0.3, -0.25) is 9.69 Å². The van der Waals surface area contributed by atoms with Gasteiger partial charge in [-0.15, -0.1) is 0 Å². The Balaban J connectivity index is 1.79. The van der Waals surface area contributed by atoms with Crippen LogP contribution in [0, 0.1) is 19.8 Å². The summed E-state index contributed by atoms with van der Waals surface area (Å²) in [6.45, 7) is 5.47. The van der Waals surface area contributed by atoms with Crippen LogP contribution < -0.4 is 0 Å². The van der Waals surface area contributed by atoms with Crippen LogP contribution >= 0.6 is 0 Å². The molecule has 1 fully saturated rings. The van der Waals surface area contributed by atoms with Crippen LogP contribution in [0.15, 0.2) is 18.6 Å². The predicted molar refractivity (Wildman–Crippen MR) is 99.8 cm³/mol. The van der Waals surface area contributed by atoms with Gasteiger partial charge in [0.25, 0.3) is 5.91 Å². The molecule has 0 aromatic carbocycles. The normalized spacial score (nSPS) is 21.0. The number of piperidine rings is 1. The van der Waals surface area contributed by atoms with Crippen molar-refractivity contribution in [3.8, 4) is 0 Å². The number of amides is 1. The number of carbonyl (C=O) groups excluding carboxylic acids is 1. The van der Waals surface area contributed by atoms with E-state index in [2.05, 4.69) is 31.5 Å². The summed E-state index contributed by atoms with van der Waals surface area (Å²) in [7, 11) is 6.05. The molecule has 0 bridgehead atoms. The number of carbonyl (C=O) groups is 1. The Bertz CT molecular complexity index is 766. The SMILES string of the molecule is Cc1cc(C(=O)N(C)C[C@@H]2CCCN(C)[C@H]2c2cncn2C)nc(C)n1. The third-order valence-electron chi connectivity index (χ3n) is 5.20. The molecule has 1 saturated heterocycles. The van der Waals surface area contributed by atoms with Gasteiger partial charge in [0.05, 0.1) is 18.1 Å². The molecule has 0 radical (unpaired) electrons. The maximum absolute atomic E-state index is 12.9. The van der Waals surface area contributed by atoms with Crippen LogP contribution in [0.2, 0.25) is 0 Å². The fourth-order valence-corrected chi connectivity index (χ4v) is 4.03. The zero-order chi connectivity index (χ0) is 18.8. The smallest absolute Gasteiger partial charge is 0.272 e. The highest BCUT2D eigenvalue weighted by Crippen LogP contribution is 2.35. The molecule has 3 rings (SSSR count). The fraction of sp³-hybridized carbons (Fsp3) is 0.579. The van der Waals surface area contributed by atoms with Gasteiger partial charge in [-0.25, -0.2) is 15.0 Å². The molecule has 26 heavy (non-hydrogen) atoms. The molecule has 2 atom stereocenters. The van der Waals surface area contributed by atoms with Crippen molar-refractivity contribution in [1.82, 2.24) is 29.3 Å². The topological polar surface area (TPSA) is 67.2 Å². The fourth-order valence-electron chi connectivity index (χ4n) is 4.03. The first-order valence-electron chi connectivity index (χ1n) is 9.11. The van der Waals surface area contributed by atoms with Crippen molar-refractivity contribution in [1.29, 1.82) is 0 Å². The minimum Gasteiger partial charge on any atom is -0.340 e. The Morgan fingerprint density at radius 2 is 2.08 bits per heavy atom. The molecular formula is C19H28N6O. The summed E-state index contributed by atoms with van der Waals surface area (Å²) < 4.78 is 2.08. The van der Waals surface area contributed by atoms with E-state index in [1.807, 2.05) is 40.5 Å². The van der Waals surface area contributed by atoms with E-state index < -0.39 is 0 Å². The van der Waals surface area contributed by atoms with Crippen LogP contribution in [0.4, 0.5) is 0 Å². The maximum Gasteiger partial charge on any atom is 0.272 e. The van der Waals surface area contributed by atoms with Crippen LogP contribution in [0.3, 0.4) is 0 Å². The molecule has 2 aromatic rings. The third kappa shape index (κ3) is 3.77. The highest BCUT2D eigenvalue weighted by atomic mass is 16.2. The summed E-state index contributed by atoms with van der Waals surface area (Å²) in [4.78, 5) is 29.9. The number of nitrogens with zero attached hydrogens (tertiary/aromatic N) is 6. The Morgan fingerprint density at radius 1 is 1.31 bits per heavy atom. The first-order valence-corrected chi connectivity index (χ1v) is 9.11. The van der Waals surface area contributed by atoms with Crippen molar-refractivity contribution in [3.63, 3.8) is 0 Å². The lowest BCUT2D eigenvalue weighted by Crippen LogP contribution is -2.43. The Labute approximate surface area is 155 Å². The van der Waals surface area contributed by atoms with E-state index in [9.17, 15) is 4.79 Å². The molecule has 0 aliphatic carbocycles. The Hall–Kier alpha value is -2.28. The molecule has 1 amide bonds. The number of aromatic nitrogens is 4. The summed E-state index contributed by atoms with van der Waals surface area (Å²) in [5.74, 6) is 0.949. The quantitative estimate of drug-likeness (QED) is 0.838. The van der Waals surface area contributed by atoms with Crippen molar-refractivity contribution in [2.45, 2.75) is 32.7 Å². The molecule has 0 unspecified atom stereocenters. The molecule has 1 aliphatic heterocycles. The average molecular weight is 356 g/mol. The van der Waals surface area contributed by atoms with Crippen LogP contribution in [-0.2, 0) is 7.05 Å². The number of rotatable bonds is 4. The first-order chi connectivity index (χ1) is 12.4. The predicted octanol–water partition coefficient (Wildman–Crippen LogP) is 1.98. The van der Waals surface area contributed by atoms with Crippen molar-refractivity contribution >= 4 is 5.91 Å². The van der Waals surface area contributed by atoms with Gasteiger partial charge in [-0.05, 0) is 52.3 Å². The van der Waals surface area contributed by atoms with Crippen LogP contribution in [-0.4, -0.2) is 62.4 Å². The van der Waals surface area contributed by atoms with Gasteiger partial charge in [-0.2, -0.15) is 0 Å². The number of likely N-dealkylation sites (tertiary alicyclic amines) is 1. The van der Waals surface area contributed by atoms with Crippen molar-refractivity contribution in [2.24, 2.45) is 13.0 Å². The zero-order valence-electron chi connectivity index (χ0n) is 16.3. The van der Waals surface area contributed by atoms with Crippen molar-refractivity contribution < 1.29 is 4.79 Å². The molecule has 7 nitrogen and oxygen atoms in total. The second kappa shape index (κ2) is 7.53. The molecular weight excluding hydrogens is 328 g/mol. The van der Waals surface area contributed by atoms with Crippen LogP contribution in [0.5, 0.6) is 0 Å². The summed E-state index contributed by atoms with van der Waals surface area (Å²) in [6.07, 6.45) is 6.03. The van der Waals surface area contributed by atoms with Crippen LogP contribution in [0.25, 0.3) is 0 Å². The molecule has 3 heterocycles. The van der Waals surface area contributed by atoms with Gasteiger partial charge in [0.1, 0.15) is 11.5 Å². The van der Waals surface area contributed by atoms with Crippen molar-refractivity contribution in [2.75, 3.05) is 27.2 Å². The Morgan fingerprint density at radius 3 is 2.73 bits per heavy atom. The first kappa shape index (κ1) is 18.5. The minimum atomic E-state index is -0.0458. The summed E-state index contributed by atoms with van der Waals surface area (Å²) in [5.41, 5.74) is 2.49. The van der Waals surface area contributed by atoms with Crippen molar-refractivity contribution in [3.05, 3.63) is 41.5 Å². The maximum atomic E-state index is 12.9. The number of aryl methyl sites for hydroxylation is 3. The molecule has 0 spiro atoms. The van der Waals surface area contributed by atoms with E-state index in [0.717, 1.165) is 25.1 Å². The zero-order valence-corrected chi connectivity index (χ0v) is 16.3. The second-order valence-corrected chi connectivity index (χ2v) is 7.38. The standard InChI is InChI=1S/C19H28N6O/c1-13-9-16(22-14(2)21-13)19(26)24(4)11-15-7-6-8-23(3)18(15)17-10-20-12-25(17)5/h9-10,12,15,18H,6-8,11H2,1-5H3/t15-,18+/m0/s1. The van der Waals surface area contributed by atoms with E-state index >= 15 is 0 Å². The summed E-state index contributed by atoms with van der Waals surface area (Å²) >= 11 is 0. The minimum absolute atomic E-state index is 0.0458. The molecule has 0 N–H and O–H groups in total. The van der Waals surface area contributed by atoms with E-state index in [1.54, 1.807) is 11.0 Å². The molecule has 0 saturated carbocycles. The highest BCUT2D eigenvalue weighted by Gasteiger charge is 2.34. The van der Waals surface area contributed by atoms with Gasteiger partial charge < -0.3 is 9.47 Å². The number of hydrogen-bond acceptors (Lipinski definition) is 5. The monoisotopic (exact) mass is 356 g/mol. The average Bonchev–Trinajstić information content (AvgIpc) is 2.99. The lowest BCUT2D eigenvalue weighted by molar-refractivity contribution is 0.0627.